The second-order valence-electron chi connectivity index (χ2n) is 2.85. The van der Waals surface area contributed by atoms with E-state index in [1.165, 1.54) is 13.2 Å². The zero-order chi connectivity index (χ0) is 11.4. The lowest BCUT2D eigenvalue weighted by Gasteiger charge is -2.00. The van der Waals surface area contributed by atoms with Crippen LogP contribution in [0.15, 0.2) is 12.1 Å². The van der Waals surface area contributed by atoms with Crippen molar-refractivity contribution in [1.82, 2.24) is 10.2 Å². The first-order valence-electron chi connectivity index (χ1n) is 4.90. The molecule has 2 aromatic rings. The predicted octanol–water partition coefficient (Wildman–Crippen LogP) is 3.05. The second kappa shape index (κ2) is 4.77. The van der Waals surface area contributed by atoms with Crippen LogP contribution in [0.4, 0.5) is 4.39 Å². The maximum absolute atomic E-state index is 13.2. The highest BCUT2D eigenvalue weighted by Crippen LogP contribution is 2.24. The molecule has 15 heavy (non-hydrogen) atoms. The van der Waals surface area contributed by atoms with Crippen molar-refractivity contribution in [1.29, 1.82) is 0 Å². The molecule has 0 aliphatic rings. The van der Waals surface area contributed by atoms with Gasteiger partial charge in [-0.2, -0.15) is 5.10 Å². The third-order valence-electron chi connectivity index (χ3n) is 2.02. The van der Waals surface area contributed by atoms with Crippen molar-refractivity contribution in [2.45, 2.75) is 20.8 Å². The predicted molar refractivity (Wildman–Crippen MR) is 58.7 cm³/mol. The molecule has 1 aromatic carbocycles. The van der Waals surface area contributed by atoms with Crippen LogP contribution in [-0.2, 0) is 0 Å². The number of benzene rings is 1. The maximum Gasteiger partial charge on any atom is 0.165 e. The van der Waals surface area contributed by atoms with E-state index >= 15 is 0 Å². The molecule has 3 nitrogen and oxygen atoms in total. The van der Waals surface area contributed by atoms with Gasteiger partial charge in [-0.25, -0.2) is 4.39 Å². The molecule has 82 valence electrons. The Kier molecular flexibility index (Phi) is 3.66. The largest absolute Gasteiger partial charge is 0.494 e. The lowest BCUT2D eigenvalue weighted by molar-refractivity contribution is 0.387. The van der Waals surface area contributed by atoms with Crippen molar-refractivity contribution in [2.75, 3.05) is 7.11 Å². The summed E-state index contributed by atoms with van der Waals surface area (Å²) in [6.07, 6.45) is 0. The van der Waals surface area contributed by atoms with Crippen LogP contribution in [0.2, 0.25) is 0 Å². The Balaban J connectivity index is 0.000000531. The van der Waals surface area contributed by atoms with Gasteiger partial charge in [-0.3, -0.25) is 5.10 Å². The number of methoxy groups -OCH3 is 1. The highest BCUT2D eigenvalue weighted by atomic mass is 19.1. The normalized spacial score (nSPS) is 9.67. The number of nitrogens with zero attached hydrogens (tertiary/aromatic N) is 1. The molecule has 1 heterocycles. The van der Waals surface area contributed by atoms with E-state index in [-0.39, 0.29) is 11.6 Å². The van der Waals surface area contributed by atoms with Gasteiger partial charge >= 0.3 is 0 Å². The summed E-state index contributed by atoms with van der Waals surface area (Å²) >= 11 is 0. The zero-order valence-corrected chi connectivity index (χ0v) is 9.39. The Morgan fingerprint density at radius 1 is 1.33 bits per heavy atom. The fourth-order valence-corrected chi connectivity index (χ4v) is 1.30. The molecule has 0 radical (unpaired) electrons. The van der Waals surface area contributed by atoms with E-state index in [0.29, 0.717) is 0 Å². The molecular weight excluding hydrogens is 195 g/mol. The minimum Gasteiger partial charge on any atom is -0.494 e. The minimum absolute atomic E-state index is 0.221. The second-order valence-corrected chi connectivity index (χ2v) is 2.85. The van der Waals surface area contributed by atoms with Crippen LogP contribution < -0.4 is 4.74 Å². The van der Waals surface area contributed by atoms with Crippen LogP contribution in [0, 0.1) is 12.7 Å². The van der Waals surface area contributed by atoms with Crippen molar-refractivity contribution in [2.24, 2.45) is 0 Å². The van der Waals surface area contributed by atoms with Gasteiger partial charge in [0.15, 0.2) is 11.6 Å². The number of aromatic nitrogens is 2. The van der Waals surface area contributed by atoms with Crippen LogP contribution in [0.5, 0.6) is 5.75 Å². The fraction of sp³-hybridized carbons (Fsp3) is 0.364. The average molecular weight is 210 g/mol. The van der Waals surface area contributed by atoms with E-state index in [1.807, 2.05) is 20.8 Å². The van der Waals surface area contributed by atoms with Crippen molar-refractivity contribution in [3.05, 3.63) is 23.6 Å². The third-order valence-corrected chi connectivity index (χ3v) is 2.02. The van der Waals surface area contributed by atoms with Crippen LogP contribution in [0.25, 0.3) is 10.9 Å². The monoisotopic (exact) mass is 210 g/mol. The molecule has 4 heteroatoms. The summed E-state index contributed by atoms with van der Waals surface area (Å²) in [6, 6.07) is 3.00. The number of nitrogens with one attached hydrogen (secondary N) is 1. The number of hydrogen-bond donors (Lipinski definition) is 1. The average Bonchev–Trinajstić information content (AvgIpc) is 2.62. The van der Waals surface area contributed by atoms with Gasteiger partial charge in [0, 0.05) is 17.1 Å². The first-order chi connectivity index (χ1) is 7.22. The van der Waals surface area contributed by atoms with E-state index in [2.05, 4.69) is 10.2 Å². The third kappa shape index (κ3) is 2.09. The topological polar surface area (TPSA) is 37.9 Å². The Morgan fingerprint density at radius 3 is 2.60 bits per heavy atom. The molecule has 0 unspecified atom stereocenters. The number of fused-ring (bicyclic) bond motifs is 1. The van der Waals surface area contributed by atoms with Crippen LogP contribution in [-0.4, -0.2) is 17.3 Å². The van der Waals surface area contributed by atoms with E-state index in [4.69, 9.17) is 4.74 Å². The summed E-state index contributed by atoms with van der Waals surface area (Å²) in [5.74, 6) is -0.140. The molecule has 1 aromatic heterocycles. The van der Waals surface area contributed by atoms with Crippen LogP contribution in [0.3, 0.4) is 0 Å². The number of hydrogen-bond acceptors (Lipinski definition) is 2. The minimum atomic E-state index is -0.362. The van der Waals surface area contributed by atoms with E-state index < -0.39 is 0 Å². The molecule has 0 atom stereocenters. The molecule has 1 N–H and O–H groups in total. The van der Waals surface area contributed by atoms with Gasteiger partial charge in [-0.05, 0) is 13.0 Å². The van der Waals surface area contributed by atoms with Crippen molar-refractivity contribution >= 4 is 10.9 Å². The number of ether oxygens (including phenoxy) is 1. The lowest BCUT2D eigenvalue weighted by Crippen LogP contribution is -1.87. The van der Waals surface area contributed by atoms with Gasteiger partial charge in [0.1, 0.15) is 0 Å². The summed E-state index contributed by atoms with van der Waals surface area (Å²) in [6.45, 7) is 5.85. The highest BCUT2D eigenvalue weighted by Gasteiger charge is 2.08. The molecule has 0 fully saturated rings. The van der Waals surface area contributed by atoms with Gasteiger partial charge in [0.25, 0.3) is 0 Å². The fourth-order valence-electron chi connectivity index (χ4n) is 1.30. The molecule has 0 bridgehead atoms. The molecule has 2 rings (SSSR count). The number of aryl methyl sites for hydroxylation is 1. The summed E-state index contributed by atoms with van der Waals surface area (Å²) in [5.41, 5.74) is 1.58. The first kappa shape index (κ1) is 11.5. The number of rotatable bonds is 1. The molecular formula is C11H15FN2O. The molecule has 0 saturated heterocycles. The van der Waals surface area contributed by atoms with Crippen LogP contribution >= 0.6 is 0 Å². The number of aromatic amines is 1. The number of halogens is 1. The highest BCUT2D eigenvalue weighted by molar-refractivity contribution is 5.82. The Bertz CT molecular complexity index is 451. The number of H-pyrrole nitrogens is 1. The quantitative estimate of drug-likeness (QED) is 0.785. The zero-order valence-electron chi connectivity index (χ0n) is 9.39. The standard InChI is InChI=1S/C9H9FN2O.C2H6/c1-5-6-3-7(10)9(13-2)4-8(6)12-11-5;1-2/h3-4H,1-2H3,(H,11,12);1-2H3. The smallest absolute Gasteiger partial charge is 0.165 e. The van der Waals surface area contributed by atoms with Crippen LogP contribution in [0.1, 0.15) is 19.5 Å². The van der Waals surface area contributed by atoms with Gasteiger partial charge in [0.2, 0.25) is 0 Å². The molecule has 0 aliphatic heterocycles. The maximum atomic E-state index is 13.2. The molecule has 0 amide bonds. The first-order valence-corrected chi connectivity index (χ1v) is 4.90. The van der Waals surface area contributed by atoms with Gasteiger partial charge in [0.05, 0.1) is 12.6 Å². The molecule has 0 aliphatic carbocycles. The van der Waals surface area contributed by atoms with E-state index in [9.17, 15) is 4.39 Å². The lowest BCUT2D eigenvalue weighted by atomic mass is 10.2. The molecule has 0 saturated carbocycles. The SMILES string of the molecule is CC.COc1cc2n[nH]c(C)c2cc1F. The van der Waals surface area contributed by atoms with Gasteiger partial charge in [-0.1, -0.05) is 13.8 Å². The van der Waals surface area contributed by atoms with Gasteiger partial charge < -0.3 is 4.74 Å². The summed E-state index contributed by atoms with van der Waals surface area (Å²) in [7, 11) is 1.43. The summed E-state index contributed by atoms with van der Waals surface area (Å²) < 4.78 is 18.0. The Hall–Kier alpha value is -1.58. The van der Waals surface area contributed by atoms with E-state index in [1.54, 1.807) is 6.07 Å². The summed E-state index contributed by atoms with van der Waals surface area (Å²) in [5, 5.41) is 7.57. The van der Waals surface area contributed by atoms with Gasteiger partial charge in [-0.15, -0.1) is 0 Å². The molecule has 0 spiro atoms. The van der Waals surface area contributed by atoms with Crippen molar-refractivity contribution in [3.8, 4) is 5.75 Å². The Morgan fingerprint density at radius 2 is 2.00 bits per heavy atom. The summed E-state index contributed by atoms with van der Waals surface area (Å²) in [4.78, 5) is 0. The Labute approximate surface area is 88.3 Å². The van der Waals surface area contributed by atoms with Crippen molar-refractivity contribution < 1.29 is 9.13 Å². The van der Waals surface area contributed by atoms with E-state index in [0.717, 1.165) is 16.6 Å². The van der Waals surface area contributed by atoms with Crippen molar-refractivity contribution in [3.63, 3.8) is 0 Å².